The Morgan fingerprint density at radius 2 is 1.43 bits per heavy atom. The number of hydrogen-bond donors (Lipinski definition) is 7. The summed E-state index contributed by atoms with van der Waals surface area (Å²) in [4.78, 5) is 69.6. The number of amides is 4. The predicted molar refractivity (Wildman–Crippen MR) is 103 cm³/mol. The first-order valence-electron chi connectivity index (χ1n) is 9.15. The number of nitrogens with one attached hydrogen (secondary N) is 3. The highest BCUT2D eigenvalue weighted by Gasteiger charge is 2.31. The fraction of sp³-hybridized carbons (Fsp3) is 0.647. The molecule has 0 aliphatic heterocycles. The lowest BCUT2D eigenvalue weighted by atomic mass is 10.0. The van der Waals surface area contributed by atoms with Crippen LogP contribution in [0.4, 0.5) is 0 Å². The average molecular weight is 431 g/mol. The number of hydrogen-bond acceptors (Lipinski definition) is 7. The molecule has 0 saturated carbocycles. The number of rotatable bonds is 13. The summed E-state index contributed by atoms with van der Waals surface area (Å²) in [5.74, 6) is -6.49. The molecule has 30 heavy (non-hydrogen) atoms. The largest absolute Gasteiger partial charge is 0.481 e. The Kier molecular flexibility index (Phi) is 11.0. The van der Waals surface area contributed by atoms with Gasteiger partial charge in [0.15, 0.2) is 0 Å². The highest BCUT2D eigenvalue weighted by molar-refractivity contribution is 5.95. The topological polar surface area (TPSA) is 231 Å². The Labute approximate surface area is 172 Å². The van der Waals surface area contributed by atoms with Gasteiger partial charge in [0.2, 0.25) is 23.6 Å². The molecule has 0 fully saturated rings. The normalized spacial score (nSPS) is 14.7. The minimum atomic E-state index is -1.57. The molecular weight excluding hydrogens is 402 g/mol. The van der Waals surface area contributed by atoms with E-state index in [-0.39, 0.29) is 12.8 Å². The Morgan fingerprint density at radius 1 is 0.867 bits per heavy atom. The van der Waals surface area contributed by atoms with Crippen molar-refractivity contribution in [3.63, 3.8) is 0 Å². The van der Waals surface area contributed by atoms with E-state index in [0.29, 0.717) is 0 Å². The van der Waals surface area contributed by atoms with Gasteiger partial charge in [-0.1, -0.05) is 13.8 Å². The SMILES string of the molecule is CC(NC(=O)C(N)CCC(N)=O)C(=O)NC(CC(=O)O)C(=O)NC(C(=O)O)C(C)C. The van der Waals surface area contributed by atoms with E-state index < -0.39 is 72.1 Å². The van der Waals surface area contributed by atoms with Crippen molar-refractivity contribution in [2.75, 3.05) is 0 Å². The molecular formula is C17H29N5O8. The van der Waals surface area contributed by atoms with Gasteiger partial charge in [-0.25, -0.2) is 4.79 Å². The van der Waals surface area contributed by atoms with Crippen LogP contribution in [-0.4, -0.2) is 69.9 Å². The lowest BCUT2D eigenvalue weighted by molar-refractivity contribution is -0.144. The zero-order valence-corrected chi connectivity index (χ0v) is 17.0. The summed E-state index contributed by atoms with van der Waals surface area (Å²) >= 11 is 0. The number of carbonyl (C=O) groups excluding carboxylic acids is 4. The first kappa shape index (κ1) is 26.8. The van der Waals surface area contributed by atoms with Crippen molar-refractivity contribution in [1.82, 2.24) is 16.0 Å². The summed E-state index contributed by atoms with van der Waals surface area (Å²) in [5, 5.41) is 24.8. The van der Waals surface area contributed by atoms with Gasteiger partial charge in [-0.2, -0.15) is 0 Å². The van der Waals surface area contributed by atoms with E-state index in [1.54, 1.807) is 13.8 Å². The van der Waals surface area contributed by atoms with Gasteiger partial charge >= 0.3 is 11.9 Å². The molecule has 0 rings (SSSR count). The van der Waals surface area contributed by atoms with Gasteiger partial charge < -0.3 is 37.6 Å². The van der Waals surface area contributed by atoms with Crippen molar-refractivity contribution in [3.8, 4) is 0 Å². The lowest BCUT2D eigenvalue weighted by Gasteiger charge is -2.24. The zero-order chi connectivity index (χ0) is 23.6. The van der Waals surface area contributed by atoms with Crippen LogP contribution in [0.5, 0.6) is 0 Å². The number of carboxylic acids is 2. The number of carboxylic acid groups (broad SMARTS) is 2. The maximum absolute atomic E-state index is 12.3. The second-order valence-corrected chi connectivity index (χ2v) is 7.07. The Bertz CT molecular complexity index is 681. The molecule has 0 saturated heterocycles. The molecule has 9 N–H and O–H groups in total. The molecule has 0 radical (unpaired) electrons. The molecule has 0 heterocycles. The van der Waals surface area contributed by atoms with E-state index in [0.717, 1.165) is 0 Å². The van der Waals surface area contributed by atoms with Crippen molar-refractivity contribution in [2.45, 2.75) is 64.2 Å². The van der Waals surface area contributed by atoms with Gasteiger partial charge in [-0.15, -0.1) is 0 Å². The first-order chi connectivity index (χ1) is 13.8. The second kappa shape index (κ2) is 12.4. The van der Waals surface area contributed by atoms with Crippen LogP contribution in [0.1, 0.15) is 40.0 Å². The molecule has 0 spiro atoms. The predicted octanol–water partition coefficient (Wildman–Crippen LogP) is -2.73. The standard InChI is InChI=1S/C17H29N5O8/c1-7(2)13(17(29)30)22-16(28)10(6-12(24)25)21-14(26)8(3)20-15(27)9(18)4-5-11(19)23/h7-10,13H,4-6,18H2,1-3H3,(H2,19,23)(H,20,27)(H,21,26)(H,22,28)(H,24,25)(H,29,30). The average Bonchev–Trinajstić information content (AvgIpc) is 2.61. The van der Waals surface area contributed by atoms with E-state index in [2.05, 4.69) is 16.0 Å². The third-order valence-corrected chi connectivity index (χ3v) is 4.03. The minimum Gasteiger partial charge on any atom is -0.481 e. The van der Waals surface area contributed by atoms with Crippen LogP contribution in [0.3, 0.4) is 0 Å². The molecule has 0 aromatic rings. The van der Waals surface area contributed by atoms with Crippen LogP contribution in [0.25, 0.3) is 0 Å². The van der Waals surface area contributed by atoms with E-state index in [9.17, 15) is 28.8 Å². The van der Waals surface area contributed by atoms with Crippen molar-refractivity contribution in [3.05, 3.63) is 0 Å². The lowest BCUT2D eigenvalue weighted by Crippen LogP contribution is -2.57. The Balaban J connectivity index is 5.06. The third-order valence-electron chi connectivity index (χ3n) is 4.03. The number of nitrogens with two attached hydrogens (primary N) is 2. The van der Waals surface area contributed by atoms with Crippen LogP contribution in [-0.2, 0) is 28.8 Å². The van der Waals surface area contributed by atoms with E-state index in [1.807, 2.05) is 0 Å². The van der Waals surface area contributed by atoms with Crippen molar-refractivity contribution < 1.29 is 39.0 Å². The summed E-state index contributed by atoms with van der Waals surface area (Å²) < 4.78 is 0. The van der Waals surface area contributed by atoms with Crippen LogP contribution in [0.2, 0.25) is 0 Å². The smallest absolute Gasteiger partial charge is 0.326 e. The molecule has 13 nitrogen and oxygen atoms in total. The van der Waals surface area contributed by atoms with E-state index in [4.69, 9.17) is 21.7 Å². The summed E-state index contributed by atoms with van der Waals surface area (Å²) in [7, 11) is 0. The highest BCUT2D eigenvalue weighted by atomic mass is 16.4. The van der Waals surface area contributed by atoms with Crippen LogP contribution in [0, 0.1) is 5.92 Å². The molecule has 13 heteroatoms. The second-order valence-electron chi connectivity index (χ2n) is 7.07. The summed E-state index contributed by atoms with van der Waals surface area (Å²) in [6.07, 6.45) is -0.969. The maximum Gasteiger partial charge on any atom is 0.326 e. The first-order valence-corrected chi connectivity index (χ1v) is 9.15. The fourth-order valence-corrected chi connectivity index (χ4v) is 2.26. The number of primary amides is 1. The van der Waals surface area contributed by atoms with E-state index >= 15 is 0 Å². The van der Waals surface area contributed by atoms with Crippen molar-refractivity contribution in [1.29, 1.82) is 0 Å². The van der Waals surface area contributed by atoms with Crippen LogP contribution in [0.15, 0.2) is 0 Å². The number of carbonyl (C=O) groups is 6. The zero-order valence-electron chi connectivity index (χ0n) is 17.0. The molecule has 0 aromatic heterocycles. The Morgan fingerprint density at radius 3 is 1.87 bits per heavy atom. The Hall–Kier alpha value is -3.22. The van der Waals surface area contributed by atoms with Crippen LogP contribution >= 0.6 is 0 Å². The minimum absolute atomic E-state index is 0.0364. The molecule has 0 aliphatic carbocycles. The number of aliphatic carboxylic acids is 2. The van der Waals surface area contributed by atoms with Crippen LogP contribution < -0.4 is 27.4 Å². The van der Waals surface area contributed by atoms with Gasteiger partial charge in [0, 0.05) is 6.42 Å². The maximum atomic E-state index is 12.3. The molecule has 0 bridgehead atoms. The molecule has 0 aromatic carbocycles. The summed E-state index contributed by atoms with van der Waals surface area (Å²) in [6, 6.07) is -5.15. The van der Waals surface area contributed by atoms with Gasteiger partial charge in [-0.3, -0.25) is 24.0 Å². The molecule has 0 aliphatic rings. The summed E-state index contributed by atoms with van der Waals surface area (Å²) in [5.41, 5.74) is 10.6. The fourth-order valence-electron chi connectivity index (χ4n) is 2.26. The van der Waals surface area contributed by atoms with Gasteiger partial charge in [-0.05, 0) is 19.3 Å². The highest BCUT2D eigenvalue weighted by Crippen LogP contribution is 2.04. The molecule has 4 atom stereocenters. The third kappa shape index (κ3) is 9.82. The van der Waals surface area contributed by atoms with Crippen molar-refractivity contribution in [2.24, 2.45) is 17.4 Å². The molecule has 170 valence electrons. The van der Waals surface area contributed by atoms with Gasteiger partial charge in [0.25, 0.3) is 0 Å². The summed E-state index contributed by atoms with van der Waals surface area (Å²) in [6.45, 7) is 4.36. The van der Waals surface area contributed by atoms with Gasteiger partial charge in [0.1, 0.15) is 18.1 Å². The molecule has 4 unspecified atom stereocenters. The monoisotopic (exact) mass is 431 g/mol. The molecule has 4 amide bonds. The van der Waals surface area contributed by atoms with Crippen molar-refractivity contribution >= 4 is 35.6 Å². The van der Waals surface area contributed by atoms with E-state index in [1.165, 1.54) is 6.92 Å². The quantitative estimate of drug-likeness (QED) is 0.160. The van der Waals surface area contributed by atoms with Gasteiger partial charge in [0.05, 0.1) is 12.5 Å².